The van der Waals surface area contributed by atoms with E-state index in [9.17, 15) is 14.7 Å². The van der Waals surface area contributed by atoms with E-state index >= 15 is 0 Å². The first-order valence-electron chi connectivity index (χ1n) is 15.7. The van der Waals surface area contributed by atoms with E-state index in [0.717, 1.165) is 60.9 Å². The Labute approximate surface area is 284 Å². The number of aromatic carboxylic acids is 1. The lowest BCUT2D eigenvalue weighted by atomic mass is 9.98. The lowest BCUT2D eigenvalue weighted by Gasteiger charge is -2.40. The molecule has 2 aromatic heterocycles. The third-order valence-electron chi connectivity index (χ3n) is 9.56. The van der Waals surface area contributed by atoms with Gasteiger partial charge >= 0.3 is 5.97 Å². The molecule has 47 heavy (non-hydrogen) atoms. The van der Waals surface area contributed by atoms with Crippen LogP contribution in [0.15, 0.2) is 48.5 Å². The number of carbonyl (C=O) groups is 2. The Morgan fingerprint density at radius 2 is 1.62 bits per heavy atom. The van der Waals surface area contributed by atoms with E-state index in [-0.39, 0.29) is 23.6 Å². The summed E-state index contributed by atoms with van der Waals surface area (Å²) < 4.78 is 10.2. The molecule has 0 radical (unpaired) electrons. The smallest absolute Gasteiger partial charge is 0.335 e. The number of ether oxygens (including phenoxy) is 1. The number of anilines is 1. The van der Waals surface area contributed by atoms with Crippen molar-refractivity contribution in [2.24, 2.45) is 7.05 Å². The zero-order valence-corrected chi connectivity index (χ0v) is 29.1. The van der Waals surface area contributed by atoms with Crippen LogP contribution < -0.4 is 9.64 Å². The van der Waals surface area contributed by atoms with Gasteiger partial charge in [-0.2, -0.15) is 5.10 Å². The van der Waals surface area contributed by atoms with E-state index < -0.39 is 5.97 Å². The van der Waals surface area contributed by atoms with E-state index in [0.29, 0.717) is 35.9 Å². The van der Waals surface area contributed by atoms with Crippen LogP contribution in [-0.4, -0.2) is 44.0 Å². The topological polar surface area (TPSA) is 89.6 Å². The maximum atomic E-state index is 14.7. The quantitative estimate of drug-likeness (QED) is 0.166. The number of hydrogen-bond donors (Lipinski definition) is 1. The molecule has 1 aliphatic rings. The highest BCUT2D eigenvalue weighted by Gasteiger charge is 2.40. The average molecular weight is 674 g/mol. The summed E-state index contributed by atoms with van der Waals surface area (Å²) in [5.74, 6) is -0.391. The van der Waals surface area contributed by atoms with Gasteiger partial charge in [0.1, 0.15) is 11.4 Å². The van der Waals surface area contributed by atoms with Gasteiger partial charge < -0.3 is 19.3 Å². The first-order chi connectivity index (χ1) is 22.3. The second kappa shape index (κ2) is 12.4. The molecule has 0 bridgehead atoms. The number of aryl methyl sites for hydroxylation is 5. The van der Waals surface area contributed by atoms with E-state index in [4.69, 9.17) is 27.9 Å². The summed E-state index contributed by atoms with van der Waals surface area (Å²) in [4.78, 5) is 28.0. The molecule has 3 heterocycles. The van der Waals surface area contributed by atoms with Gasteiger partial charge in [0, 0.05) is 40.0 Å². The SMILES string of the molecule is Cc1cc(OCCCc2c3n(c4c(-c5c(C)nn(C)c5C)c(Cl)ccc24)[C@H](C)[C@@H](C)N(c2ccc(C(=O)O)cc2)C3=O)cc(C)c1Cl. The number of carbonyl (C=O) groups excluding carboxylic acids is 1. The minimum Gasteiger partial charge on any atom is -0.494 e. The Morgan fingerprint density at radius 1 is 0.957 bits per heavy atom. The fourth-order valence-corrected chi connectivity index (χ4v) is 7.34. The molecule has 5 aromatic rings. The van der Waals surface area contributed by atoms with Gasteiger partial charge in [-0.05, 0) is 114 Å². The van der Waals surface area contributed by atoms with Crippen molar-refractivity contribution in [3.8, 4) is 16.9 Å². The number of aromatic nitrogens is 3. The van der Waals surface area contributed by atoms with Gasteiger partial charge in [0.15, 0.2) is 0 Å². The maximum Gasteiger partial charge on any atom is 0.335 e. The molecule has 244 valence electrons. The van der Waals surface area contributed by atoms with Crippen LogP contribution in [-0.2, 0) is 13.5 Å². The van der Waals surface area contributed by atoms with Gasteiger partial charge in [0.05, 0.1) is 40.5 Å². The van der Waals surface area contributed by atoms with Gasteiger partial charge in [0.2, 0.25) is 0 Å². The molecule has 2 atom stereocenters. The number of rotatable bonds is 8. The second-order valence-electron chi connectivity index (χ2n) is 12.5. The third kappa shape index (κ3) is 5.47. The minimum absolute atomic E-state index is 0.135. The van der Waals surface area contributed by atoms with Crippen LogP contribution in [0.4, 0.5) is 5.69 Å². The van der Waals surface area contributed by atoms with Gasteiger partial charge in [-0.25, -0.2) is 4.79 Å². The van der Waals surface area contributed by atoms with E-state index in [1.54, 1.807) is 17.0 Å². The fourth-order valence-electron chi connectivity index (χ4n) is 6.99. The number of amides is 1. The summed E-state index contributed by atoms with van der Waals surface area (Å²) in [5, 5.41) is 16.5. The van der Waals surface area contributed by atoms with Crippen LogP contribution in [0, 0.1) is 27.7 Å². The van der Waals surface area contributed by atoms with E-state index in [1.165, 1.54) is 12.1 Å². The second-order valence-corrected chi connectivity index (χ2v) is 13.3. The molecule has 0 aliphatic carbocycles. The lowest BCUT2D eigenvalue weighted by Crippen LogP contribution is -2.49. The highest BCUT2D eigenvalue weighted by molar-refractivity contribution is 6.35. The van der Waals surface area contributed by atoms with Gasteiger partial charge in [-0.15, -0.1) is 0 Å². The summed E-state index contributed by atoms with van der Waals surface area (Å²) >= 11 is 13.4. The molecule has 0 saturated heterocycles. The third-order valence-corrected chi connectivity index (χ3v) is 10.5. The summed E-state index contributed by atoms with van der Waals surface area (Å²) in [7, 11) is 1.92. The lowest BCUT2D eigenvalue weighted by molar-refractivity contribution is 0.0696. The molecule has 0 unspecified atom stereocenters. The van der Waals surface area contributed by atoms with Gasteiger partial charge in [0.25, 0.3) is 5.91 Å². The van der Waals surface area contributed by atoms with Crippen LogP contribution in [0.3, 0.4) is 0 Å². The molecule has 1 aliphatic heterocycles. The highest BCUT2D eigenvalue weighted by atomic mass is 35.5. The van der Waals surface area contributed by atoms with Crippen LogP contribution in [0.5, 0.6) is 5.75 Å². The van der Waals surface area contributed by atoms with Crippen molar-refractivity contribution in [1.82, 2.24) is 14.3 Å². The summed E-state index contributed by atoms with van der Waals surface area (Å²) in [6, 6.07) is 13.9. The molecule has 3 aromatic carbocycles. The zero-order chi connectivity index (χ0) is 33.9. The van der Waals surface area contributed by atoms with Gasteiger partial charge in [-0.1, -0.05) is 29.3 Å². The highest BCUT2D eigenvalue weighted by Crippen LogP contribution is 2.46. The Bertz CT molecular complexity index is 2040. The van der Waals surface area contributed by atoms with Crippen LogP contribution in [0.1, 0.15) is 75.2 Å². The largest absolute Gasteiger partial charge is 0.494 e. The number of halogens is 2. The molecule has 10 heteroatoms. The predicted molar refractivity (Wildman–Crippen MR) is 188 cm³/mol. The molecule has 0 fully saturated rings. The van der Waals surface area contributed by atoms with Crippen LogP contribution in [0.25, 0.3) is 22.0 Å². The molecule has 0 saturated carbocycles. The molecule has 1 amide bonds. The monoisotopic (exact) mass is 672 g/mol. The van der Waals surface area contributed by atoms with Crippen molar-refractivity contribution in [1.29, 1.82) is 0 Å². The molecular weight excluding hydrogens is 635 g/mol. The first kappa shape index (κ1) is 32.7. The number of carboxylic acids is 1. The van der Waals surface area contributed by atoms with Crippen LogP contribution in [0.2, 0.25) is 10.0 Å². The Kier molecular flexibility index (Phi) is 8.61. The Morgan fingerprint density at radius 3 is 2.21 bits per heavy atom. The van der Waals surface area contributed by atoms with Crippen LogP contribution >= 0.6 is 23.2 Å². The van der Waals surface area contributed by atoms with Crippen molar-refractivity contribution in [2.75, 3.05) is 11.5 Å². The number of benzene rings is 3. The molecule has 8 nitrogen and oxygen atoms in total. The van der Waals surface area contributed by atoms with Crippen molar-refractivity contribution >= 4 is 51.7 Å². The minimum atomic E-state index is -1.01. The van der Waals surface area contributed by atoms with E-state index in [1.807, 2.05) is 70.6 Å². The average Bonchev–Trinajstić information content (AvgIpc) is 3.49. The molecule has 1 N–H and O–H groups in total. The van der Waals surface area contributed by atoms with E-state index in [2.05, 4.69) is 16.6 Å². The van der Waals surface area contributed by atoms with Gasteiger partial charge in [-0.3, -0.25) is 9.48 Å². The normalized spacial score (nSPS) is 16.2. The fraction of sp³-hybridized carbons (Fsp3) is 0.324. The van der Waals surface area contributed by atoms with Crippen molar-refractivity contribution in [2.45, 2.75) is 66.5 Å². The molecule has 0 spiro atoms. The Balaban J connectivity index is 1.49. The summed E-state index contributed by atoms with van der Waals surface area (Å²) in [5.41, 5.74) is 8.88. The number of carboxylic acid groups (broad SMARTS) is 1. The zero-order valence-electron chi connectivity index (χ0n) is 27.6. The summed E-state index contributed by atoms with van der Waals surface area (Å²) in [6.45, 7) is 12.5. The number of nitrogens with zero attached hydrogens (tertiary/aromatic N) is 4. The van der Waals surface area contributed by atoms with Crippen molar-refractivity contribution in [3.05, 3.63) is 97.9 Å². The first-order valence-corrected chi connectivity index (χ1v) is 16.5. The van der Waals surface area contributed by atoms with Crippen molar-refractivity contribution < 1.29 is 19.4 Å². The number of fused-ring (bicyclic) bond motifs is 3. The number of hydrogen-bond acceptors (Lipinski definition) is 4. The predicted octanol–water partition coefficient (Wildman–Crippen LogP) is 8.90. The molecule has 6 rings (SSSR count). The maximum absolute atomic E-state index is 14.7. The summed E-state index contributed by atoms with van der Waals surface area (Å²) in [6.07, 6.45) is 1.26. The standard InChI is InChI=1S/C37H38Cl2N4O4/c1-19-17-27(18-20(2)33(19)39)47-16-8-9-28-29-14-15-30(38)32(31-21(3)40-41(7)24(31)6)34(29)43-23(5)22(4)42(36(44)35(28)43)26-12-10-25(11-13-26)37(45)46/h10-15,17-18,22-23H,8-9,16H2,1-7H3,(H,45,46)/t22-,23-/m1/s1. The molecular formula is C37H38Cl2N4O4. The Hall–Kier alpha value is -4.27. The van der Waals surface area contributed by atoms with Crippen molar-refractivity contribution in [3.63, 3.8) is 0 Å².